The summed E-state index contributed by atoms with van der Waals surface area (Å²) in [7, 11) is 0. The van der Waals surface area contributed by atoms with Crippen LogP contribution in [0.3, 0.4) is 0 Å². The summed E-state index contributed by atoms with van der Waals surface area (Å²) in [6.45, 7) is 9.44. The Balaban J connectivity index is 1.42. The van der Waals surface area contributed by atoms with E-state index in [1.54, 1.807) is 5.57 Å². The first-order valence-electron chi connectivity index (χ1n) is 14.9. The Morgan fingerprint density at radius 3 is 2.66 bits per heavy atom. The lowest BCUT2D eigenvalue weighted by Crippen LogP contribution is -2.30. The molecule has 4 rings (SSSR count). The zero-order valence-electron chi connectivity index (χ0n) is 22.7. The lowest BCUT2D eigenvalue weighted by Gasteiger charge is -2.42. The highest BCUT2D eigenvalue weighted by Crippen LogP contribution is 2.50. The van der Waals surface area contributed by atoms with Gasteiger partial charge in [-0.25, -0.2) is 0 Å². The van der Waals surface area contributed by atoms with Crippen LogP contribution in [0.2, 0.25) is 0 Å². The molecule has 0 amide bonds. The Morgan fingerprint density at radius 2 is 1.97 bits per heavy atom. The highest BCUT2D eigenvalue weighted by atomic mass is 14.5. The fourth-order valence-corrected chi connectivity index (χ4v) is 7.38. The van der Waals surface area contributed by atoms with Crippen molar-refractivity contribution in [1.29, 1.82) is 0 Å². The van der Waals surface area contributed by atoms with Gasteiger partial charge >= 0.3 is 0 Å². The number of allylic oxidation sites excluding steroid dienone is 10. The third-order valence-corrected chi connectivity index (χ3v) is 9.99. The van der Waals surface area contributed by atoms with E-state index >= 15 is 0 Å². The molecule has 4 aliphatic carbocycles. The van der Waals surface area contributed by atoms with Crippen LogP contribution in [-0.2, 0) is 0 Å². The van der Waals surface area contributed by atoms with E-state index < -0.39 is 0 Å². The van der Waals surface area contributed by atoms with Gasteiger partial charge in [-0.15, -0.1) is 6.58 Å². The van der Waals surface area contributed by atoms with Crippen LogP contribution in [0.25, 0.3) is 0 Å². The molecule has 6 atom stereocenters. The minimum absolute atomic E-state index is 0.230. The molecule has 0 aliphatic heterocycles. The number of nitrogens with two attached hydrogens (primary N) is 1. The molecule has 0 aromatic rings. The van der Waals surface area contributed by atoms with E-state index in [9.17, 15) is 0 Å². The van der Waals surface area contributed by atoms with Crippen molar-refractivity contribution in [3.8, 4) is 0 Å². The van der Waals surface area contributed by atoms with Crippen LogP contribution >= 0.6 is 0 Å². The summed E-state index contributed by atoms with van der Waals surface area (Å²) in [5, 5.41) is 0. The van der Waals surface area contributed by atoms with E-state index in [0.717, 1.165) is 30.6 Å². The maximum absolute atomic E-state index is 5.84. The van der Waals surface area contributed by atoms with Crippen molar-refractivity contribution in [2.24, 2.45) is 40.7 Å². The van der Waals surface area contributed by atoms with Gasteiger partial charge in [0.15, 0.2) is 0 Å². The minimum atomic E-state index is 0.230. The van der Waals surface area contributed by atoms with Gasteiger partial charge in [-0.1, -0.05) is 80.0 Å². The molecule has 2 N–H and O–H groups in total. The van der Waals surface area contributed by atoms with E-state index in [-0.39, 0.29) is 5.41 Å². The largest absolute Gasteiger partial charge is 0.330 e. The van der Waals surface area contributed by atoms with Gasteiger partial charge in [0.1, 0.15) is 0 Å². The van der Waals surface area contributed by atoms with Gasteiger partial charge in [0.25, 0.3) is 0 Å². The Morgan fingerprint density at radius 1 is 1.09 bits per heavy atom. The van der Waals surface area contributed by atoms with E-state index in [0.29, 0.717) is 18.4 Å². The van der Waals surface area contributed by atoms with Gasteiger partial charge in [0, 0.05) is 0 Å². The molecule has 1 fully saturated rings. The van der Waals surface area contributed by atoms with Gasteiger partial charge < -0.3 is 5.73 Å². The molecule has 0 saturated heterocycles. The topological polar surface area (TPSA) is 26.0 Å². The normalized spacial score (nSPS) is 31.7. The molecular formula is C34H51N. The standard InChI is InChI=1S/C34H51N/c1-4-26(25-35)13-11-12-24-34(3,5-2)29-20-18-28(19-21-29)31-23-22-30(27-14-7-6-8-15-27)32-16-9-10-17-33(31)32/h4,7,12,14,18-20,24,26-27,29,31,33H,1,5-6,8-11,13,15-17,21-23,25,35H2,2-3H3/b24-12-. The van der Waals surface area contributed by atoms with Crippen LogP contribution in [0.5, 0.6) is 0 Å². The van der Waals surface area contributed by atoms with Crippen molar-refractivity contribution in [2.45, 2.75) is 97.3 Å². The molecular weight excluding hydrogens is 422 g/mol. The van der Waals surface area contributed by atoms with Crippen LogP contribution in [0.1, 0.15) is 97.3 Å². The minimum Gasteiger partial charge on any atom is -0.330 e. The number of hydrogen-bond acceptors (Lipinski definition) is 1. The van der Waals surface area contributed by atoms with Crippen LogP contribution in [0, 0.1) is 35.0 Å². The van der Waals surface area contributed by atoms with Gasteiger partial charge in [-0.2, -0.15) is 0 Å². The molecule has 0 aromatic carbocycles. The Hall–Kier alpha value is -1.60. The fourth-order valence-electron chi connectivity index (χ4n) is 7.38. The first-order valence-corrected chi connectivity index (χ1v) is 14.9. The Kier molecular flexibility index (Phi) is 9.51. The molecule has 0 aromatic heterocycles. The first kappa shape index (κ1) is 26.5. The van der Waals surface area contributed by atoms with Crippen molar-refractivity contribution in [3.05, 3.63) is 71.9 Å². The zero-order valence-corrected chi connectivity index (χ0v) is 22.7. The molecule has 1 saturated carbocycles. The summed E-state index contributed by atoms with van der Waals surface area (Å²) < 4.78 is 0. The molecule has 0 radical (unpaired) electrons. The van der Waals surface area contributed by atoms with Gasteiger partial charge in [-0.05, 0) is 124 Å². The fraction of sp³-hybridized carbons (Fsp3) is 0.647. The van der Waals surface area contributed by atoms with Gasteiger partial charge in [0.05, 0.1) is 0 Å². The second-order valence-electron chi connectivity index (χ2n) is 12.0. The zero-order chi connectivity index (χ0) is 24.7. The second-order valence-corrected chi connectivity index (χ2v) is 12.0. The van der Waals surface area contributed by atoms with Crippen molar-refractivity contribution in [3.63, 3.8) is 0 Å². The van der Waals surface area contributed by atoms with Crippen molar-refractivity contribution < 1.29 is 0 Å². The molecule has 0 heterocycles. The van der Waals surface area contributed by atoms with Crippen molar-refractivity contribution in [2.75, 3.05) is 6.54 Å². The highest BCUT2D eigenvalue weighted by molar-refractivity contribution is 5.36. The predicted molar refractivity (Wildman–Crippen MR) is 153 cm³/mol. The lowest BCUT2D eigenvalue weighted by molar-refractivity contribution is 0.284. The molecule has 192 valence electrons. The maximum Gasteiger partial charge on any atom is -0.00142 e. The SMILES string of the molecule is C=CC(CN)CC/C=C\C(C)(CC)C1C=CC(C2CCC(C3C=CCCC3)=C3CCCCC32)=CC1. The monoisotopic (exact) mass is 473 g/mol. The maximum atomic E-state index is 5.84. The van der Waals surface area contributed by atoms with E-state index in [4.69, 9.17) is 5.73 Å². The third-order valence-electron chi connectivity index (χ3n) is 9.99. The molecule has 4 aliphatic rings. The predicted octanol–water partition coefficient (Wildman–Crippen LogP) is 9.26. The highest BCUT2D eigenvalue weighted by Gasteiger charge is 2.37. The lowest BCUT2D eigenvalue weighted by atomic mass is 9.62. The molecule has 1 heteroatoms. The van der Waals surface area contributed by atoms with Crippen molar-refractivity contribution in [1.82, 2.24) is 0 Å². The number of hydrogen-bond donors (Lipinski definition) is 1. The summed E-state index contributed by atoms with van der Waals surface area (Å²) >= 11 is 0. The first-order chi connectivity index (χ1) is 17.1. The number of rotatable bonds is 10. The second kappa shape index (κ2) is 12.6. The van der Waals surface area contributed by atoms with E-state index in [2.05, 4.69) is 63.0 Å². The van der Waals surface area contributed by atoms with Crippen LogP contribution in [0.15, 0.2) is 71.9 Å². The molecule has 0 bridgehead atoms. The smallest absolute Gasteiger partial charge is 0.00142 e. The summed E-state index contributed by atoms with van der Waals surface area (Å²) in [4.78, 5) is 0. The van der Waals surface area contributed by atoms with Gasteiger partial charge in [-0.3, -0.25) is 0 Å². The van der Waals surface area contributed by atoms with Crippen molar-refractivity contribution >= 4 is 0 Å². The van der Waals surface area contributed by atoms with E-state index in [1.165, 1.54) is 70.6 Å². The average molecular weight is 474 g/mol. The van der Waals surface area contributed by atoms with E-state index in [1.807, 2.05) is 17.2 Å². The summed E-state index contributed by atoms with van der Waals surface area (Å²) in [6.07, 6.45) is 36.6. The Labute approximate surface area is 216 Å². The van der Waals surface area contributed by atoms with Crippen LogP contribution < -0.4 is 5.73 Å². The molecule has 0 spiro atoms. The van der Waals surface area contributed by atoms with Crippen LogP contribution in [0.4, 0.5) is 0 Å². The third kappa shape index (κ3) is 6.22. The molecule has 1 nitrogen and oxygen atoms in total. The molecule has 6 unspecified atom stereocenters. The summed E-state index contributed by atoms with van der Waals surface area (Å²) in [5.74, 6) is 3.37. The Bertz CT molecular complexity index is 867. The quantitative estimate of drug-likeness (QED) is 0.314. The van der Waals surface area contributed by atoms with Crippen LogP contribution in [-0.4, -0.2) is 6.54 Å². The summed E-state index contributed by atoms with van der Waals surface area (Å²) in [5.41, 5.74) is 11.5. The van der Waals surface area contributed by atoms with Gasteiger partial charge in [0.2, 0.25) is 0 Å². The summed E-state index contributed by atoms with van der Waals surface area (Å²) in [6, 6.07) is 0. The molecule has 35 heavy (non-hydrogen) atoms. The number of fused-ring (bicyclic) bond motifs is 1. The average Bonchev–Trinajstić information content (AvgIpc) is 2.93.